The monoisotopic (exact) mass is 307 g/mol. The third-order valence-electron chi connectivity index (χ3n) is 3.91. The number of nitrogens with zero attached hydrogens (tertiary/aromatic N) is 1. The van der Waals surface area contributed by atoms with Crippen LogP contribution in [0, 0.1) is 0 Å². The van der Waals surface area contributed by atoms with Gasteiger partial charge < -0.3 is 11.1 Å². The smallest absolute Gasteiger partial charge is 0.0475 e. The van der Waals surface area contributed by atoms with Crippen molar-refractivity contribution in [1.29, 1.82) is 0 Å². The zero-order chi connectivity index (χ0) is 16.1. The van der Waals surface area contributed by atoms with Crippen LogP contribution in [0.1, 0.15) is 51.9 Å². The first-order valence-corrected chi connectivity index (χ1v) is 10.5. The molecule has 3 nitrogen and oxygen atoms in total. The van der Waals surface area contributed by atoms with Crippen LogP contribution in [-0.4, -0.2) is 33.1 Å². The third-order valence-corrected chi connectivity index (χ3v) is 5.18. The molecular formula is C17H33N3Si. The Bertz CT molecular complexity index is 438. The molecule has 21 heavy (non-hydrogen) atoms. The number of hydrogen-bond acceptors (Lipinski definition) is 3. The van der Waals surface area contributed by atoms with Gasteiger partial charge in [-0.05, 0) is 32.9 Å². The van der Waals surface area contributed by atoms with Crippen molar-refractivity contribution in [3.05, 3.63) is 29.6 Å². The van der Waals surface area contributed by atoms with E-state index in [-0.39, 0.29) is 20.5 Å². The van der Waals surface area contributed by atoms with Crippen LogP contribution in [-0.2, 0) is 5.41 Å². The fourth-order valence-electron chi connectivity index (χ4n) is 2.29. The molecule has 120 valence electrons. The van der Waals surface area contributed by atoms with Gasteiger partial charge in [-0.1, -0.05) is 32.5 Å². The van der Waals surface area contributed by atoms with Crippen LogP contribution in [0.2, 0.25) is 12.6 Å². The summed E-state index contributed by atoms with van der Waals surface area (Å²) >= 11 is 0. The molecule has 0 aliphatic carbocycles. The molecule has 0 fully saturated rings. The normalized spacial score (nSPS) is 14.8. The number of hydrogen-bond donors (Lipinski definition) is 2. The molecule has 1 aromatic heterocycles. The lowest BCUT2D eigenvalue weighted by Crippen LogP contribution is -2.39. The SMILES string of the molecule is C[SiH2]CC(CNC(C)(C)C)c1cccc(C(C)(C)CN)n1. The lowest BCUT2D eigenvalue weighted by Gasteiger charge is -2.27. The lowest BCUT2D eigenvalue weighted by atomic mass is 9.88. The predicted molar refractivity (Wildman–Crippen MR) is 96.0 cm³/mol. The number of nitrogens with two attached hydrogens (primary N) is 1. The number of pyridine rings is 1. The Hall–Kier alpha value is -0.713. The molecule has 1 heterocycles. The summed E-state index contributed by atoms with van der Waals surface area (Å²) in [7, 11) is 0.00227. The van der Waals surface area contributed by atoms with Crippen molar-refractivity contribution in [1.82, 2.24) is 10.3 Å². The molecular weight excluding hydrogens is 274 g/mol. The molecule has 0 aromatic carbocycles. The molecule has 0 bridgehead atoms. The minimum Gasteiger partial charge on any atom is -0.330 e. The summed E-state index contributed by atoms with van der Waals surface area (Å²) in [5.74, 6) is 0.523. The maximum atomic E-state index is 5.89. The number of nitrogens with one attached hydrogen (secondary N) is 1. The van der Waals surface area contributed by atoms with E-state index in [1.54, 1.807) is 0 Å². The van der Waals surface area contributed by atoms with E-state index in [1.807, 2.05) is 0 Å². The first kappa shape index (κ1) is 18.3. The maximum absolute atomic E-state index is 5.89. The van der Waals surface area contributed by atoms with Crippen molar-refractivity contribution in [3.8, 4) is 0 Å². The summed E-state index contributed by atoms with van der Waals surface area (Å²) in [5, 5.41) is 3.63. The van der Waals surface area contributed by atoms with Gasteiger partial charge in [-0.15, -0.1) is 0 Å². The summed E-state index contributed by atoms with van der Waals surface area (Å²) < 4.78 is 0. The van der Waals surface area contributed by atoms with Crippen molar-refractivity contribution in [3.63, 3.8) is 0 Å². The Morgan fingerprint density at radius 1 is 1.24 bits per heavy atom. The molecule has 0 saturated heterocycles. The fourth-order valence-corrected chi connectivity index (χ4v) is 3.49. The number of rotatable bonds is 7. The van der Waals surface area contributed by atoms with Gasteiger partial charge in [0.05, 0.1) is 0 Å². The lowest BCUT2D eigenvalue weighted by molar-refractivity contribution is 0.409. The van der Waals surface area contributed by atoms with Gasteiger partial charge >= 0.3 is 0 Å². The van der Waals surface area contributed by atoms with Crippen LogP contribution in [0.4, 0.5) is 0 Å². The number of aromatic nitrogens is 1. The highest BCUT2D eigenvalue weighted by Gasteiger charge is 2.22. The summed E-state index contributed by atoms with van der Waals surface area (Å²) in [6.07, 6.45) is 0. The van der Waals surface area contributed by atoms with E-state index in [1.165, 1.54) is 11.7 Å². The Labute approximate surface area is 132 Å². The molecule has 4 heteroatoms. The molecule has 1 aromatic rings. The zero-order valence-electron chi connectivity index (χ0n) is 14.7. The highest BCUT2D eigenvalue weighted by molar-refractivity contribution is 6.33. The van der Waals surface area contributed by atoms with E-state index in [9.17, 15) is 0 Å². The predicted octanol–water partition coefficient (Wildman–Crippen LogP) is 2.42. The highest BCUT2D eigenvalue weighted by Crippen LogP contribution is 2.24. The molecule has 0 spiro atoms. The largest absolute Gasteiger partial charge is 0.330 e. The minimum atomic E-state index is -0.0539. The van der Waals surface area contributed by atoms with E-state index in [4.69, 9.17) is 10.7 Å². The fraction of sp³-hybridized carbons (Fsp3) is 0.706. The Kier molecular flexibility index (Phi) is 6.57. The summed E-state index contributed by atoms with van der Waals surface area (Å²) in [6.45, 7) is 15.0. The molecule has 0 radical (unpaired) electrons. The van der Waals surface area contributed by atoms with Crippen LogP contribution in [0.3, 0.4) is 0 Å². The van der Waals surface area contributed by atoms with Crippen molar-refractivity contribution >= 4 is 9.52 Å². The second-order valence-electron chi connectivity index (χ2n) is 7.65. The molecule has 1 unspecified atom stereocenters. The van der Waals surface area contributed by atoms with Crippen molar-refractivity contribution in [2.24, 2.45) is 5.73 Å². The second kappa shape index (κ2) is 7.52. The Morgan fingerprint density at radius 2 is 1.90 bits per heavy atom. The van der Waals surface area contributed by atoms with E-state index >= 15 is 0 Å². The van der Waals surface area contributed by atoms with E-state index in [2.05, 4.69) is 64.7 Å². The zero-order valence-corrected chi connectivity index (χ0v) is 16.1. The van der Waals surface area contributed by atoms with Gasteiger partial charge in [0.2, 0.25) is 0 Å². The quantitative estimate of drug-likeness (QED) is 0.761. The van der Waals surface area contributed by atoms with Crippen LogP contribution in [0.5, 0.6) is 0 Å². The molecule has 0 amide bonds. The Morgan fingerprint density at radius 3 is 2.43 bits per heavy atom. The van der Waals surface area contributed by atoms with Gasteiger partial charge in [-0.25, -0.2) is 0 Å². The molecule has 3 N–H and O–H groups in total. The molecule has 1 rings (SSSR count). The van der Waals surface area contributed by atoms with E-state index in [0.717, 1.165) is 12.2 Å². The van der Waals surface area contributed by atoms with Crippen LogP contribution >= 0.6 is 0 Å². The summed E-state index contributed by atoms with van der Waals surface area (Å²) in [5.41, 5.74) is 8.33. The average molecular weight is 308 g/mol. The van der Waals surface area contributed by atoms with Gasteiger partial charge in [0, 0.05) is 50.9 Å². The van der Waals surface area contributed by atoms with Crippen LogP contribution in [0.15, 0.2) is 18.2 Å². The van der Waals surface area contributed by atoms with Gasteiger partial charge in [0.25, 0.3) is 0 Å². The van der Waals surface area contributed by atoms with Crippen LogP contribution < -0.4 is 11.1 Å². The molecule has 0 saturated carbocycles. The minimum absolute atomic E-state index is 0.00227. The Balaban J connectivity index is 2.95. The first-order valence-electron chi connectivity index (χ1n) is 8.12. The van der Waals surface area contributed by atoms with Gasteiger partial charge in [0.1, 0.15) is 0 Å². The topological polar surface area (TPSA) is 50.9 Å². The van der Waals surface area contributed by atoms with Crippen molar-refractivity contribution in [2.45, 2.75) is 64.1 Å². The van der Waals surface area contributed by atoms with Crippen molar-refractivity contribution < 1.29 is 0 Å². The third kappa shape index (κ3) is 5.89. The van der Waals surface area contributed by atoms with Crippen molar-refractivity contribution in [2.75, 3.05) is 13.1 Å². The first-order chi connectivity index (χ1) is 9.69. The summed E-state index contributed by atoms with van der Waals surface area (Å²) in [4.78, 5) is 4.94. The van der Waals surface area contributed by atoms with Gasteiger partial charge in [-0.2, -0.15) is 0 Å². The second-order valence-corrected chi connectivity index (χ2v) is 9.23. The van der Waals surface area contributed by atoms with E-state index < -0.39 is 0 Å². The van der Waals surface area contributed by atoms with E-state index in [0.29, 0.717) is 12.5 Å². The standard InChI is InChI=1S/C17H33N3Si/c1-16(2,3)19-10-13(11-21-6)14-8-7-9-15(20-14)17(4,5)12-18/h7-9,13,19H,10-12,18,21H2,1-6H3. The molecule has 0 aliphatic rings. The van der Waals surface area contributed by atoms with Crippen LogP contribution in [0.25, 0.3) is 0 Å². The van der Waals surface area contributed by atoms with Gasteiger partial charge in [-0.3, -0.25) is 4.98 Å². The molecule has 0 aliphatic heterocycles. The maximum Gasteiger partial charge on any atom is 0.0475 e. The summed E-state index contributed by atoms with van der Waals surface area (Å²) in [6, 6.07) is 7.71. The average Bonchev–Trinajstić information content (AvgIpc) is 2.42. The highest BCUT2D eigenvalue weighted by atomic mass is 28.2. The molecule has 1 atom stereocenters. The van der Waals surface area contributed by atoms with Gasteiger partial charge in [0.15, 0.2) is 0 Å².